The van der Waals surface area contributed by atoms with Crippen LogP contribution >= 0.6 is 0 Å². The second-order valence-electron chi connectivity index (χ2n) is 5.35. The molecule has 0 radical (unpaired) electrons. The molecule has 1 saturated heterocycles. The summed E-state index contributed by atoms with van der Waals surface area (Å²) in [6.45, 7) is 3.51. The molecule has 0 aromatic rings. The summed E-state index contributed by atoms with van der Waals surface area (Å²) >= 11 is 0. The second kappa shape index (κ2) is 5.11. The fourth-order valence-electron chi connectivity index (χ4n) is 3.15. The van der Waals surface area contributed by atoms with Gasteiger partial charge in [0.15, 0.2) is 0 Å². The highest BCUT2D eigenvalue weighted by Crippen LogP contribution is 2.30. The number of rotatable bonds is 2. The van der Waals surface area contributed by atoms with Gasteiger partial charge in [0.1, 0.15) is 6.29 Å². The van der Waals surface area contributed by atoms with Gasteiger partial charge in [0.25, 0.3) is 0 Å². The molecular weight excluding hydrogens is 186 g/mol. The number of carbonyl (C=O) groups is 1. The molecule has 1 aliphatic heterocycles. The van der Waals surface area contributed by atoms with Crippen LogP contribution in [0, 0.1) is 5.92 Å². The summed E-state index contributed by atoms with van der Waals surface area (Å²) in [7, 11) is 0. The Hall–Kier alpha value is -0.370. The van der Waals surface area contributed by atoms with E-state index >= 15 is 0 Å². The van der Waals surface area contributed by atoms with E-state index in [1.54, 1.807) is 0 Å². The molecule has 0 amide bonds. The topological polar surface area (TPSA) is 20.3 Å². The van der Waals surface area contributed by atoms with Gasteiger partial charge < -0.3 is 4.79 Å². The smallest absolute Gasteiger partial charge is 0.137 e. The highest BCUT2D eigenvalue weighted by Gasteiger charge is 2.30. The molecule has 0 aromatic carbocycles. The average molecular weight is 209 g/mol. The molecule has 2 rings (SSSR count). The van der Waals surface area contributed by atoms with Gasteiger partial charge in [-0.2, -0.15) is 0 Å². The highest BCUT2D eigenvalue weighted by molar-refractivity contribution is 5.57. The average Bonchev–Trinajstić information content (AvgIpc) is 2.30. The molecule has 1 heterocycles. The van der Waals surface area contributed by atoms with E-state index in [0.29, 0.717) is 6.04 Å². The monoisotopic (exact) mass is 209 g/mol. The summed E-state index contributed by atoms with van der Waals surface area (Å²) in [5.41, 5.74) is 0. The van der Waals surface area contributed by atoms with Crippen molar-refractivity contribution in [3.05, 3.63) is 0 Å². The van der Waals surface area contributed by atoms with Crippen LogP contribution in [0.25, 0.3) is 0 Å². The fourth-order valence-corrected chi connectivity index (χ4v) is 3.15. The largest absolute Gasteiger partial charge is 0.302 e. The third-order valence-electron chi connectivity index (χ3n) is 4.20. The van der Waals surface area contributed by atoms with E-state index in [4.69, 9.17) is 0 Å². The van der Waals surface area contributed by atoms with Gasteiger partial charge in [-0.15, -0.1) is 0 Å². The van der Waals surface area contributed by atoms with Gasteiger partial charge >= 0.3 is 0 Å². The molecule has 2 heteroatoms. The zero-order chi connectivity index (χ0) is 10.7. The summed E-state index contributed by atoms with van der Waals surface area (Å²) in [6, 6.07) is 0.939. The van der Waals surface area contributed by atoms with Crippen LogP contribution in [0.3, 0.4) is 0 Å². The Kier molecular flexibility index (Phi) is 3.79. The van der Waals surface area contributed by atoms with Crippen molar-refractivity contribution in [1.82, 2.24) is 4.90 Å². The molecule has 2 fully saturated rings. The first-order valence-electron chi connectivity index (χ1n) is 6.52. The number of likely N-dealkylation sites (tertiary alicyclic amines) is 1. The van der Waals surface area contributed by atoms with Crippen LogP contribution in [0.1, 0.15) is 51.9 Å². The van der Waals surface area contributed by atoms with Gasteiger partial charge in [-0.3, -0.25) is 4.90 Å². The minimum atomic E-state index is 0.233. The Morgan fingerprint density at radius 1 is 1.07 bits per heavy atom. The predicted molar refractivity (Wildman–Crippen MR) is 61.8 cm³/mol. The molecule has 1 atom stereocenters. The van der Waals surface area contributed by atoms with E-state index in [0.717, 1.165) is 18.9 Å². The van der Waals surface area contributed by atoms with E-state index in [-0.39, 0.29) is 6.04 Å². The summed E-state index contributed by atoms with van der Waals surface area (Å²) in [5, 5.41) is 0. The maximum absolute atomic E-state index is 11.0. The summed E-state index contributed by atoms with van der Waals surface area (Å²) in [5.74, 6) is 0.903. The molecule has 86 valence electrons. The SMILES string of the molecule is CC1CCC(N2CCCCC2C=O)CC1. The molecule has 2 nitrogen and oxygen atoms in total. The van der Waals surface area contributed by atoms with Crippen molar-refractivity contribution in [3.8, 4) is 0 Å². The van der Waals surface area contributed by atoms with E-state index in [9.17, 15) is 4.79 Å². The normalized spacial score (nSPS) is 38.9. The Labute approximate surface area is 93.0 Å². The minimum absolute atomic E-state index is 0.233. The van der Waals surface area contributed by atoms with Crippen LogP contribution < -0.4 is 0 Å². The van der Waals surface area contributed by atoms with Crippen molar-refractivity contribution in [3.63, 3.8) is 0 Å². The molecule has 1 saturated carbocycles. The van der Waals surface area contributed by atoms with E-state index in [1.165, 1.54) is 44.8 Å². The number of carbonyl (C=O) groups excluding carboxylic acids is 1. The number of aldehydes is 1. The molecular formula is C13H23NO. The molecule has 1 aliphatic carbocycles. The number of hydrogen-bond acceptors (Lipinski definition) is 2. The third kappa shape index (κ3) is 2.60. The van der Waals surface area contributed by atoms with Crippen molar-refractivity contribution in [1.29, 1.82) is 0 Å². The lowest BCUT2D eigenvalue weighted by Crippen LogP contribution is -2.48. The zero-order valence-corrected chi connectivity index (χ0v) is 9.82. The summed E-state index contributed by atoms with van der Waals surface area (Å²) in [4.78, 5) is 13.5. The summed E-state index contributed by atoms with van der Waals surface area (Å²) < 4.78 is 0. The maximum atomic E-state index is 11.0. The lowest BCUT2D eigenvalue weighted by Gasteiger charge is -2.41. The first kappa shape index (κ1) is 11.1. The fraction of sp³-hybridized carbons (Fsp3) is 0.923. The number of hydrogen-bond donors (Lipinski definition) is 0. The van der Waals surface area contributed by atoms with Crippen molar-refractivity contribution in [2.45, 2.75) is 64.0 Å². The standard InChI is InChI=1S/C13H23NO/c1-11-5-7-12(8-6-11)14-9-3-2-4-13(14)10-15/h10-13H,2-9H2,1H3. The van der Waals surface area contributed by atoms with Gasteiger partial charge in [-0.1, -0.05) is 13.3 Å². The molecule has 0 N–H and O–H groups in total. The van der Waals surface area contributed by atoms with Crippen molar-refractivity contribution < 1.29 is 4.79 Å². The first-order chi connectivity index (χ1) is 7.31. The Bertz CT molecular complexity index is 209. The van der Waals surface area contributed by atoms with Gasteiger partial charge in [0.2, 0.25) is 0 Å². The molecule has 0 spiro atoms. The molecule has 0 aromatic heterocycles. The van der Waals surface area contributed by atoms with E-state index in [1.807, 2.05) is 0 Å². The van der Waals surface area contributed by atoms with Gasteiger partial charge in [0.05, 0.1) is 6.04 Å². The van der Waals surface area contributed by atoms with Crippen LogP contribution in [-0.4, -0.2) is 29.8 Å². The quantitative estimate of drug-likeness (QED) is 0.652. The van der Waals surface area contributed by atoms with Crippen LogP contribution in [0.5, 0.6) is 0 Å². The number of piperidine rings is 1. The van der Waals surface area contributed by atoms with Crippen LogP contribution in [0.4, 0.5) is 0 Å². The minimum Gasteiger partial charge on any atom is -0.302 e. The number of nitrogens with zero attached hydrogens (tertiary/aromatic N) is 1. The third-order valence-corrected chi connectivity index (χ3v) is 4.20. The Balaban J connectivity index is 1.92. The van der Waals surface area contributed by atoms with Gasteiger partial charge in [0, 0.05) is 6.04 Å². The van der Waals surface area contributed by atoms with Crippen molar-refractivity contribution >= 4 is 6.29 Å². The molecule has 2 aliphatic rings. The lowest BCUT2D eigenvalue weighted by molar-refractivity contribution is -0.115. The zero-order valence-electron chi connectivity index (χ0n) is 9.82. The summed E-state index contributed by atoms with van der Waals surface area (Å²) in [6.07, 6.45) is 10.1. The lowest BCUT2D eigenvalue weighted by atomic mass is 9.85. The van der Waals surface area contributed by atoms with Crippen LogP contribution in [0.15, 0.2) is 0 Å². The van der Waals surface area contributed by atoms with E-state index in [2.05, 4.69) is 11.8 Å². The van der Waals surface area contributed by atoms with Crippen LogP contribution in [0.2, 0.25) is 0 Å². The van der Waals surface area contributed by atoms with Gasteiger partial charge in [-0.05, 0) is 51.0 Å². The molecule has 1 unspecified atom stereocenters. The predicted octanol–water partition coefficient (Wildman–Crippen LogP) is 2.62. The van der Waals surface area contributed by atoms with Crippen molar-refractivity contribution in [2.75, 3.05) is 6.54 Å². The van der Waals surface area contributed by atoms with Crippen molar-refractivity contribution in [2.24, 2.45) is 5.92 Å². The van der Waals surface area contributed by atoms with E-state index < -0.39 is 0 Å². The molecule has 15 heavy (non-hydrogen) atoms. The first-order valence-corrected chi connectivity index (χ1v) is 6.52. The highest BCUT2D eigenvalue weighted by atomic mass is 16.1. The maximum Gasteiger partial charge on any atom is 0.137 e. The Morgan fingerprint density at radius 2 is 1.80 bits per heavy atom. The van der Waals surface area contributed by atoms with Gasteiger partial charge in [-0.25, -0.2) is 0 Å². The second-order valence-corrected chi connectivity index (χ2v) is 5.35. The van der Waals surface area contributed by atoms with Crippen LogP contribution in [-0.2, 0) is 4.79 Å². The molecule has 0 bridgehead atoms. The Morgan fingerprint density at radius 3 is 2.47 bits per heavy atom.